The highest BCUT2D eigenvalue weighted by Gasteiger charge is 2.11. The van der Waals surface area contributed by atoms with Gasteiger partial charge in [0, 0.05) is 17.8 Å². The van der Waals surface area contributed by atoms with Gasteiger partial charge in [-0.1, -0.05) is 18.2 Å². The molecule has 0 fully saturated rings. The van der Waals surface area contributed by atoms with Gasteiger partial charge in [-0.25, -0.2) is 0 Å². The first-order chi connectivity index (χ1) is 11.9. The molecule has 0 heterocycles. The van der Waals surface area contributed by atoms with Crippen LogP contribution in [0.5, 0.6) is 5.75 Å². The molecule has 0 aliphatic heterocycles. The van der Waals surface area contributed by atoms with Crippen LogP contribution in [0.25, 0.3) is 0 Å². The molecule has 25 heavy (non-hydrogen) atoms. The minimum absolute atomic E-state index is 0.0882. The van der Waals surface area contributed by atoms with Crippen LogP contribution in [0, 0.1) is 20.8 Å². The number of amides is 2. The van der Waals surface area contributed by atoms with E-state index in [2.05, 4.69) is 10.6 Å². The highest BCUT2D eigenvalue weighted by Crippen LogP contribution is 2.20. The van der Waals surface area contributed by atoms with Gasteiger partial charge >= 0.3 is 0 Å². The van der Waals surface area contributed by atoms with Crippen LogP contribution in [0.4, 0.5) is 5.69 Å². The van der Waals surface area contributed by atoms with Crippen molar-refractivity contribution in [3.8, 4) is 5.75 Å². The van der Waals surface area contributed by atoms with E-state index in [0.717, 1.165) is 16.7 Å². The van der Waals surface area contributed by atoms with Crippen molar-refractivity contribution < 1.29 is 14.3 Å². The molecule has 2 rings (SSSR count). The first kappa shape index (κ1) is 18.5. The predicted molar refractivity (Wildman–Crippen MR) is 99.2 cm³/mol. The van der Waals surface area contributed by atoms with Gasteiger partial charge in [-0.15, -0.1) is 0 Å². The predicted octanol–water partition coefficient (Wildman–Crippen LogP) is 3.38. The molecule has 0 atom stereocenters. The number of hydrogen-bond acceptors (Lipinski definition) is 3. The van der Waals surface area contributed by atoms with Gasteiger partial charge in [0.25, 0.3) is 11.8 Å². The monoisotopic (exact) mass is 340 g/mol. The van der Waals surface area contributed by atoms with Crippen LogP contribution in [-0.4, -0.2) is 25.0 Å². The quantitative estimate of drug-likeness (QED) is 0.847. The Labute approximate surface area is 148 Å². The summed E-state index contributed by atoms with van der Waals surface area (Å²) in [6, 6.07) is 11.1. The normalized spacial score (nSPS) is 10.2. The summed E-state index contributed by atoms with van der Waals surface area (Å²) in [4.78, 5) is 24.1. The lowest BCUT2D eigenvalue weighted by Gasteiger charge is -2.12. The number of carbonyl (C=O) groups excluding carboxylic acids is 2. The Bertz CT molecular complexity index is 785. The van der Waals surface area contributed by atoms with Crippen LogP contribution in [-0.2, 0) is 4.79 Å². The molecule has 0 bridgehead atoms. The standard InChI is InChI=1S/C20H24N2O3/c1-5-21-20(24)16-9-8-14(3)17(11-16)22-19(23)12-25-18-10-13(2)6-7-15(18)4/h6-11H,5,12H2,1-4H3,(H,21,24)(H,22,23). The topological polar surface area (TPSA) is 67.4 Å². The van der Waals surface area contributed by atoms with Crippen molar-refractivity contribution >= 4 is 17.5 Å². The molecule has 2 amide bonds. The molecule has 0 aliphatic rings. The van der Waals surface area contributed by atoms with Crippen LogP contribution in [0.3, 0.4) is 0 Å². The van der Waals surface area contributed by atoms with Crippen molar-refractivity contribution in [2.75, 3.05) is 18.5 Å². The van der Waals surface area contributed by atoms with Crippen molar-refractivity contribution in [1.29, 1.82) is 0 Å². The van der Waals surface area contributed by atoms with E-state index >= 15 is 0 Å². The van der Waals surface area contributed by atoms with Gasteiger partial charge in [0.05, 0.1) is 0 Å². The van der Waals surface area contributed by atoms with Gasteiger partial charge in [-0.05, 0) is 62.6 Å². The summed E-state index contributed by atoms with van der Waals surface area (Å²) in [6.07, 6.45) is 0. The van der Waals surface area contributed by atoms with Gasteiger partial charge in [0.2, 0.25) is 0 Å². The van der Waals surface area contributed by atoms with E-state index in [0.29, 0.717) is 23.5 Å². The molecular formula is C20H24N2O3. The molecule has 0 aliphatic carbocycles. The van der Waals surface area contributed by atoms with E-state index in [9.17, 15) is 9.59 Å². The molecule has 5 heteroatoms. The molecule has 0 saturated carbocycles. The number of aryl methyl sites for hydroxylation is 3. The Kier molecular flexibility index (Phi) is 6.17. The molecule has 0 aromatic heterocycles. The number of nitrogens with one attached hydrogen (secondary N) is 2. The first-order valence-electron chi connectivity index (χ1n) is 8.29. The number of rotatable bonds is 6. The second-order valence-corrected chi connectivity index (χ2v) is 5.99. The second kappa shape index (κ2) is 8.33. The van der Waals surface area contributed by atoms with E-state index in [1.165, 1.54) is 0 Å². The van der Waals surface area contributed by atoms with E-state index in [4.69, 9.17) is 4.74 Å². The van der Waals surface area contributed by atoms with Crippen LogP contribution in [0.15, 0.2) is 36.4 Å². The summed E-state index contributed by atoms with van der Waals surface area (Å²) >= 11 is 0. The van der Waals surface area contributed by atoms with Gasteiger partial charge in [0.15, 0.2) is 6.61 Å². The van der Waals surface area contributed by atoms with Crippen molar-refractivity contribution in [3.05, 3.63) is 58.7 Å². The zero-order valence-electron chi connectivity index (χ0n) is 15.1. The van der Waals surface area contributed by atoms with Crippen LogP contribution in [0.1, 0.15) is 34.0 Å². The molecule has 5 nitrogen and oxygen atoms in total. The zero-order chi connectivity index (χ0) is 18.4. The molecule has 0 spiro atoms. The Morgan fingerprint density at radius 3 is 2.44 bits per heavy atom. The van der Waals surface area contributed by atoms with Crippen LogP contribution in [0.2, 0.25) is 0 Å². The summed E-state index contributed by atoms with van der Waals surface area (Å²) in [6.45, 7) is 8.12. The maximum Gasteiger partial charge on any atom is 0.262 e. The molecule has 132 valence electrons. The fourth-order valence-electron chi connectivity index (χ4n) is 2.35. The van der Waals surface area contributed by atoms with Crippen molar-refractivity contribution in [2.45, 2.75) is 27.7 Å². The smallest absolute Gasteiger partial charge is 0.262 e. The van der Waals surface area contributed by atoms with E-state index < -0.39 is 0 Å². The van der Waals surface area contributed by atoms with E-state index in [-0.39, 0.29) is 18.4 Å². The first-order valence-corrected chi connectivity index (χ1v) is 8.29. The summed E-state index contributed by atoms with van der Waals surface area (Å²) in [5.41, 5.74) is 4.06. The molecule has 2 aromatic rings. The average Bonchev–Trinajstić information content (AvgIpc) is 2.58. The highest BCUT2D eigenvalue weighted by atomic mass is 16.5. The molecular weight excluding hydrogens is 316 g/mol. The molecule has 0 saturated heterocycles. The van der Waals surface area contributed by atoms with Crippen molar-refractivity contribution in [1.82, 2.24) is 5.32 Å². The summed E-state index contributed by atoms with van der Waals surface area (Å²) in [7, 11) is 0. The lowest BCUT2D eigenvalue weighted by molar-refractivity contribution is -0.118. The number of carbonyl (C=O) groups is 2. The Balaban J connectivity index is 2.03. The second-order valence-electron chi connectivity index (χ2n) is 5.99. The largest absolute Gasteiger partial charge is 0.483 e. The van der Waals surface area contributed by atoms with E-state index in [1.54, 1.807) is 12.1 Å². The Morgan fingerprint density at radius 1 is 1.00 bits per heavy atom. The SMILES string of the molecule is CCNC(=O)c1ccc(C)c(NC(=O)COc2cc(C)ccc2C)c1. The summed E-state index contributed by atoms with van der Waals surface area (Å²) in [5.74, 6) is 0.268. The third kappa shape index (κ3) is 5.08. The number of hydrogen-bond donors (Lipinski definition) is 2. The summed E-state index contributed by atoms with van der Waals surface area (Å²) in [5, 5.41) is 5.55. The zero-order valence-corrected chi connectivity index (χ0v) is 15.1. The Hall–Kier alpha value is -2.82. The lowest BCUT2D eigenvalue weighted by atomic mass is 10.1. The summed E-state index contributed by atoms with van der Waals surface area (Å²) < 4.78 is 5.62. The van der Waals surface area contributed by atoms with Crippen LogP contribution >= 0.6 is 0 Å². The van der Waals surface area contributed by atoms with Gasteiger partial charge in [-0.3, -0.25) is 9.59 Å². The third-order valence-electron chi connectivity index (χ3n) is 3.81. The third-order valence-corrected chi connectivity index (χ3v) is 3.81. The molecule has 0 radical (unpaired) electrons. The minimum atomic E-state index is -0.267. The lowest BCUT2D eigenvalue weighted by Crippen LogP contribution is -2.24. The van der Waals surface area contributed by atoms with E-state index in [1.807, 2.05) is 52.0 Å². The number of benzene rings is 2. The Morgan fingerprint density at radius 2 is 1.72 bits per heavy atom. The van der Waals surface area contributed by atoms with Gasteiger partial charge in [-0.2, -0.15) is 0 Å². The maximum atomic E-state index is 12.2. The van der Waals surface area contributed by atoms with Gasteiger partial charge < -0.3 is 15.4 Å². The minimum Gasteiger partial charge on any atom is -0.483 e. The molecule has 2 N–H and O–H groups in total. The fraction of sp³-hybridized carbons (Fsp3) is 0.300. The average molecular weight is 340 g/mol. The maximum absolute atomic E-state index is 12.2. The van der Waals surface area contributed by atoms with Crippen molar-refractivity contribution in [2.24, 2.45) is 0 Å². The fourth-order valence-corrected chi connectivity index (χ4v) is 2.35. The highest BCUT2D eigenvalue weighted by molar-refractivity contribution is 5.98. The molecule has 0 unspecified atom stereocenters. The molecule has 2 aromatic carbocycles. The van der Waals surface area contributed by atoms with Gasteiger partial charge in [0.1, 0.15) is 5.75 Å². The number of ether oxygens (including phenoxy) is 1. The van der Waals surface area contributed by atoms with Crippen LogP contribution < -0.4 is 15.4 Å². The number of anilines is 1. The van der Waals surface area contributed by atoms with Crippen molar-refractivity contribution in [3.63, 3.8) is 0 Å².